The molecule has 0 aromatic heterocycles. The molecule has 2 fully saturated rings. The van der Waals surface area contributed by atoms with Crippen LogP contribution in [0, 0.1) is 5.92 Å². The first-order valence-corrected chi connectivity index (χ1v) is 10.8. The Bertz CT molecular complexity index is 801. The van der Waals surface area contributed by atoms with Crippen molar-refractivity contribution in [3.63, 3.8) is 0 Å². The van der Waals surface area contributed by atoms with Crippen molar-refractivity contribution >= 4 is 18.0 Å². The molecular weight excluding hydrogens is 386 g/mol. The predicted molar refractivity (Wildman–Crippen MR) is 111 cm³/mol. The van der Waals surface area contributed by atoms with E-state index in [0.717, 1.165) is 24.9 Å². The van der Waals surface area contributed by atoms with E-state index in [9.17, 15) is 9.59 Å². The molecule has 2 atom stereocenters. The molecule has 0 bridgehead atoms. The van der Waals surface area contributed by atoms with E-state index in [1.165, 1.54) is 31.8 Å². The van der Waals surface area contributed by atoms with Crippen LogP contribution in [-0.2, 0) is 14.3 Å². The fourth-order valence-corrected chi connectivity index (χ4v) is 4.75. The van der Waals surface area contributed by atoms with Crippen LogP contribution in [0.3, 0.4) is 0 Å². The van der Waals surface area contributed by atoms with Gasteiger partial charge < -0.3 is 23.8 Å². The van der Waals surface area contributed by atoms with E-state index in [2.05, 4.69) is 0 Å². The van der Waals surface area contributed by atoms with Crippen LogP contribution in [0.15, 0.2) is 18.2 Å². The molecule has 1 amide bonds. The summed E-state index contributed by atoms with van der Waals surface area (Å²) in [6.45, 7) is 1.49. The quantitative estimate of drug-likeness (QED) is 0.543. The van der Waals surface area contributed by atoms with Crippen molar-refractivity contribution in [2.24, 2.45) is 5.92 Å². The minimum atomic E-state index is -0.547. The maximum Gasteiger partial charge on any atom is 0.331 e. The number of methoxy groups -OCH3 is 1. The van der Waals surface area contributed by atoms with E-state index in [1.807, 2.05) is 4.90 Å². The average molecular weight is 415 g/mol. The van der Waals surface area contributed by atoms with Crippen LogP contribution in [0.2, 0.25) is 0 Å². The lowest BCUT2D eigenvalue weighted by molar-refractivity contribution is -0.151. The maximum absolute atomic E-state index is 12.7. The number of amides is 1. The van der Waals surface area contributed by atoms with Crippen LogP contribution in [0.4, 0.5) is 0 Å². The zero-order chi connectivity index (χ0) is 20.9. The van der Waals surface area contributed by atoms with Gasteiger partial charge in [0.1, 0.15) is 13.2 Å². The monoisotopic (exact) mass is 415 g/mol. The molecule has 1 saturated heterocycles. The van der Waals surface area contributed by atoms with Gasteiger partial charge in [0, 0.05) is 18.7 Å². The summed E-state index contributed by atoms with van der Waals surface area (Å²) in [6, 6.07) is 3.86. The Balaban J connectivity index is 1.33. The molecule has 0 radical (unpaired) electrons. The van der Waals surface area contributed by atoms with Crippen molar-refractivity contribution in [3.8, 4) is 17.2 Å². The second-order valence-corrected chi connectivity index (χ2v) is 8.03. The van der Waals surface area contributed by atoms with E-state index in [4.69, 9.17) is 18.9 Å². The highest BCUT2D eigenvalue weighted by molar-refractivity contribution is 5.89. The summed E-state index contributed by atoms with van der Waals surface area (Å²) < 4.78 is 21.7. The van der Waals surface area contributed by atoms with Gasteiger partial charge in [-0.05, 0) is 55.4 Å². The molecule has 2 heterocycles. The van der Waals surface area contributed by atoms with E-state index < -0.39 is 5.97 Å². The van der Waals surface area contributed by atoms with E-state index >= 15 is 0 Å². The average Bonchev–Trinajstić information content (AvgIpc) is 2.80. The smallest absolute Gasteiger partial charge is 0.331 e. The highest BCUT2D eigenvalue weighted by Crippen LogP contribution is 2.40. The second-order valence-electron chi connectivity index (χ2n) is 8.03. The first kappa shape index (κ1) is 20.6. The van der Waals surface area contributed by atoms with E-state index in [0.29, 0.717) is 42.4 Å². The largest absolute Gasteiger partial charge is 0.493 e. The lowest BCUT2D eigenvalue weighted by atomic mass is 9.78. The summed E-state index contributed by atoms with van der Waals surface area (Å²) in [5, 5.41) is 0. The number of carbonyl (C=O) groups excluding carboxylic acids is 2. The van der Waals surface area contributed by atoms with Crippen molar-refractivity contribution < 1.29 is 28.5 Å². The molecular formula is C23H29NO6. The van der Waals surface area contributed by atoms with E-state index in [-0.39, 0.29) is 12.5 Å². The van der Waals surface area contributed by atoms with Gasteiger partial charge in [-0.15, -0.1) is 0 Å². The van der Waals surface area contributed by atoms with Crippen LogP contribution < -0.4 is 14.2 Å². The highest BCUT2D eigenvalue weighted by Gasteiger charge is 2.35. The highest BCUT2D eigenvalue weighted by atomic mass is 16.6. The summed E-state index contributed by atoms with van der Waals surface area (Å²) in [6.07, 6.45) is 9.87. The van der Waals surface area contributed by atoms with Crippen LogP contribution >= 0.6 is 0 Å². The van der Waals surface area contributed by atoms with Crippen molar-refractivity contribution in [2.75, 3.05) is 33.5 Å². The molecule has 30 heavy (non-hydrogen) atoms. The molecule has 1 aromatic rings. The number of hydrogen-bond donors (Lipinski definition) is 0. The Morgan fingerprint density at radius 2 is 1.93 bits per heavy atom. The number of likely N-dealkylation sites (tertiary alicyclic amines) is 1. The molecule has 2 aliphatic heterocycles. The predicted octanol–water partition coefficient (Wildman–Crippen LogP) is 3.20. The summed E-state index contributed by atoms with van der Waals surface area (Å²) >= 11 is 0. The number of fused-ring (bicyclic) bond motifs is 2. The van der Waals surface area contributed by atoms with Gasteiger partial charge in [-0.25, -0.2) is 4.79 Å². The van der Waals surface area contributed by atoms with Gasteiger partial charge in [-0.1, -0.05) is 12.8 Å². The Morgan fingerprint density at radius 1 is 1.13 bits per heavy atom. The molecule has 1 aliphatic carbocycles. The van der Waals surface area contributed by atoms with Crippen molar-refractivity contribution in [3.05, 3.63) is 23.8 Å². The zero-order valence-corrected chi connectivity index (χ0v) is 17.4. The topological polar surface area (TPSA) is 74.3 Å². The lowest BCUT2D eigenvalue weighted by Gasteiger charge is -2.44. The van der Waals surface area contributed by atoms with Gasteiger partial charge in [0.15, 0.2) is 18.1 Å². The number of carbonyl (C=O) groups is 2. The lowest BCUT2D eigenvalue weighted by Crippen LogP contribution is -2.50. The van der Waals surface area contributed by atoms with Crippen molar-refractivity contribution in [1.29, 1.82) is 0 Å². The van der Waals surface area contributed by atoms with Crippen LogP contribution in [-0.4, -0.2) is 56.3 Å². The Kier molecular flexibility index (Phi) is 6.45. The number of nitrogens with zero attached hydrogens (tertiary/aromatic N) is 1. The Labute approximate surface area is 176 Å². The molecule has 4 rings (SSSR count). The number of piperidine rings is 1. The molecule has 3 aliphatic rings. The summed E-state index contributed by atoms with van der Waals surface area (Å²) in [5.74, 6) is 1.66. The molecule has 7 nitrogen and oxygen atoms in total. The number of hydrogen-bond acceptors (Lipinski definition) is 6. The van der Waals surface area contributed by atoms with E-state index in [1.54, 1.807) is 25.3 Å². The second kappa shape index (κ2) is 9.41. The fraction of sp³-hybridized carbons (Fsp3) is 0.565. The molecule has 0 N–H and O–H groups in total. The van der Waals surface area contributed by atoms with Crippen molar-refractivity contribution in [2.45, 2.75) is 44.6 Å². The van der Waals surface area contributed by atoms with Crippen LogP contribution in [0.25, 0.3) is 6.08 Å². The number of esters is 1. The number of ether oxygens (including phenoxy) is 4. The third-order valence-electron chi connectivity index (χ3n) is 6.16. The molecule has 1 aromatic carbocycles. The van der Waals surface area contributed by atoms with Gasteiger partial charge in [-0.2, -0.15) is 0 Å². The van der Waals surface area contributed by atoms with Crippen molar-refractivity contribution in [1.82, 2.24) is 4.90 Å². The normalized spacial score (nSPS) is 23.0. The number of benzene rings is 1. The van der Waals surface area contributed by atoms with Gasteiger partial charge in [-0.3, -0.25) is 4.79 Å². The summed E-state index contributed by atoms with van der Waals surface area (Å²) in [4.78, 5) is 26.8. The fourth-order valence-electron chi connectivity index (χ4n) is 4.75. The summed E-state index contributed by atoms with van der Waals surface area (Å²) in [5.41, 5.74) is 0.723. The standard InChI is InChI=1S/C23H29NO6/c1-27-19-13-16(14-20-23(19)29-12-11-28-20)8-9-22(26)30-15-21(25)24-10-4-6-17-5-2-3-7-18(17)24/h8-9,13-14,17-18H,2-7,10-12,15H2,1H3/b9-8+/t17-,18-/m0/s1. The first-order valence-electron chi connectivity index (χ1n) is 10.8. The molecule has 0 unspecified atom stereocenters. The third-order valence-corrected chi connectivity index (χ3v) is 6.16. The zero-order valence-electron chi connectivity index (χ0n) is 17.4. The van der Waals surface area contributed by atoms with Crippen LogP contribution in [0.5, 0.6) is 17.2 Å². The molecule has 7 heteroatoms. The first-order chi connectivity index (χ1) is 14.7. The van der Waals surface area contributed by atoms with Gasteiger partial charge in [0.05, 0.1) is 7.11 Å². The molecule has 0 spiro atoms. The minimum Gasteiger partial charge on any atom is -0.493 e. The molecule has 162 valence electrons. The Hall–Kier alpha value is -2.70. The maximum atomic E-state index is 12.7. The summed E-state index contributed by atoms with van der Waals surface area (Å²) in [7, 11) is 1.55. The van der Waals surface area contributed by atoms with Crippen LogP contribution in [0.1, 0.15) is 44.1 Å². The third kappa shape index (κ3) is 4.55. The minimum absolute atomic E-state index is 0.0886. The number of rotatable bonds is 5. The molecule has 1 saturated carbocycles. The van der Waals surface area contributed by atoms with Gasteiger partial charge >= 0.3 is 5.97 Å². The van der Waals surface area contributed by atoms with Gasteiger partial charge in [0.2, 0.25) is 5.75 Å². The van der Waals surface area contributed by atoms with Gasteiger partial charge in [0.25, 0.3) is 5.91 Å². The SMILES string of the molecule is COc1cc(/C=C/C(=O)OCC(=O)N2CCC[C@@H]3CCCC[C@@H]32)cc2c1OCCO2. The Morgan fingerprint density at radius 3 is 2.80 bits per heavy atom.